The molecule has 0 aliphatic carbocycles. The molecular formula is C14H11ClF2. The zero-order valence-electron chi connectivity index (χ0n) is 9.04. The Hall–Kier alpha value is -1.41. The predicted molar refractivity (Wildman–Crippen MR) is 65.1 cm³/mol. The first-order valence-corrected chi connectivity index (χ1v) is 5.73. The SMILES string of the molecule is Fc1ccc(C(Cl)Cc2ccccc2F)cc1. The Morgan fingerprint density at radius 1 is 0.941 bits per heavy atom. The summed E-state index contributed by atoms with van der Waals surface area (Å²) in [4.78, 5) is 0. The molecule has 0 aliphatic heterocycles. The van der Waals surface area contributed by atoms with Gasteiger partial charge in [-0.3, -0.25) is 0 Å². The first-order valence-electron chi connectivity index (χ1n) is 5.30. The van der Waals surface area contributed by atoms with Crippen molar-refractivity contribution >= 4 is 11.6 Å². The molecular weight excluding hydrogens is 242 g/mol. The van der Waals surface area contributed by atoms with Gasteiger partial charge >= 0.3 is 0 Å². The molecule has 0 aliphatic rings. The van der Waals surface area contributed by atoms with Crippen molar-refractivity contribution in [3.05, 3.63) is 71.3 Å². The maximum absolute atomic E-state index is 13.4. The van der Waals surface area contributed by atoms with E-state index in [9.17, 15) is 8.78 Å². The van der Waals surface area contributed by atoms with Crippen LogP contribution in [0.5, 0.6) is 0 Å². The highest BCUT2D eigenvalue weighted by Crippen LogP contribution is 2.26. The zero-order chi connectivity index (χ0) is 12.3. The molecule has 0 aromatic heterocycles. The average Bonchev–Trinajstić information content (AvgIpc) is 2.33. The van der Waals surface area contributed by atoms with Gasteiger partial charge in [-0.05, 0) is 35.7 Å². The van der Waals surface area contributed by atoms with Crippen LogP contribution in [0.25, 0.3) is 0 Å². The Morgan fingerprint density at radius 2 is 1.59 bits per heavy atom. The molecule has 1 unspecified atom stereocenters. The summed E-state index contributed by atoms with van der Waals surface area (Å²) in [5.74, 6) is -0.566. The van der Waals surface area contributed by atoms with E-state index in [1.54, 1.807) is 30.3 Å². The van der Waals surface area contributed by atoms with Crippen LogP contribution in [0.1, 0.15) is 16.5 Å². The fraction of sp³-hybridized carbons (Fsp3) is 0.143. The van der Waals surface area contributed by atoms with Gasteiger partial charge in [-0.1, -0.05) is 30.3 Å². The lowest BCUT2D eigenvalue weighted by Crippen LogP contribution is -1.98. The molecule has 3 heteroatoms. The molecule has 0 N–H and O–H groups in total. The quantitative estimate of drug-likeness (QED) is 0.706. The Labute approximate surface area is 104 Å². The first-order chi connectivity index (χ1) is 8.16. The van der Waals surface area contributed by atoms with Gasteiger partial charge in [0.1, 0.15) is 11.6 Å². The molecule has 2 aromatic carbocycles. The van der Waals surface area contributed by atoms with Crippen LogP contribution in [0, 0.1) is 11.6 Å². The van der Waals surface area contributed by atoms with E-state index in [0.717, 1.165) is 5.56 Å². The Balaban J connectivity index is 2.14. The summed E-state index contributed by atoms with van der Waals surface area (Å²) in [6.45, 7) is 0. The average molecular weight is 253 g/mol. The predicted octanol–water partition coefficient (Wildman–Crippen LogP) is 4.49. The van der Waals surface area contributed by atoms with Gasteiger partial charge in [-0.15, -0.1) is 11.6 Å². The highest BCUT2D eigenvalue weighted by Gasteiger charge is 2.11. The van der Waals surface area contributed by atoms with Crippen molar-refractivity contribution in [2.24, 2.45) is 0 Å². The monoisotopic (exact) mass is 252 g/mol. The van der Waals surface area contributed by atoms with Gasteiger partial charge in [-0.2, -0.15) is 0 Å². The number of hydrogen-bond acceptors (Lipinski definition) is 0. The normalized spacial score (nSPS) is 12.4. The summed E-state index contributed by atoms with van der Waals surface area (Å²) in [6.07, 6.45) is 0.389. The molecule has 0 saturated heterocycles. The van der Waals surface area contributed by atoms with Crippen LogP contribution < -0.4 is 0 Å². The minimum atomic E-state index is -0.354. The molecule has 0 fully saturated rings. The van der Waals surface area contributed by atoms with E-state index in [0.29, 0.717) is 12.0 Å². The van der Waals surface area contributed by atoms with Crippen LogP contribution in [0.2, 0.25) is 0 Å². The molecule has 2 rings (SSSR count). The Morgan fingerprint density at radius 3 is 2.24 bits per heavy atom. The third-order valence-electron chi connectivity index (χ3n) is 2.59. The largest absolute Gasteiger partial charge is 0.207 e. The maximum atomic E-state index is 13.4. The van der Waals surface area contributed by atoms with Crippen LogP contribution in [-0.4, -0.2) is 0 Å². The standard InChI is InChI=1S/C14H11ClF2/c15-13(10-5-7-12(16)8-6-10)9-11-3-1-2-4-14(11)17/h1-8,13H,9H2. The third kappa shape index (κ3) is 3.04. The number of rotatable bonds is 3. The minimum Gasteiger partial charge on any atom is -0.207 e. The van der Waals surface area contributed by atoms with E-state index in [4.69, 9.17) is 11.6 Å². The van der Waals surface area contributed by atoms with Crippen molar-refractivity contribution in [3.63, 3.8) is 0 Å². The van der Waals surface area contributed by atoms with Crippen LogP contribution >= 0.6 is 11.6 Å². The fourth-order valence-electron chi connectivity index (χ4n) is 1.65. The summed E-state index contributed by atoms with van der Waals surface area (Å²) >= 11 is 6.18. The van der Waals surface area contributed by atoms with Gasteiger partial charge in [0.2, 0.25) is 0 Å². The van der Waals surface area contributed by atoms with Crippen LogP contribution in [0.4, 0.5) is 8.78 Å². The molecule has 0 saturated carbocycles. The molecule has 0 radical (unpaired) electrons. The molecule has 0 bridgehead atoms. The smallest absolute Gasteiger partial charge is 0.126 e. The van der Waals surface area contributed by atoms with Crippen molar-refractivity contribution in [1.29, 1.82) is 0 Å². The molecule has 88 valence electrons. The van der Waals surface area contributed by atoms with Crippen LogP contribution in [0.15, 0.2) is 48.5 Å². The third-order valence-corrected chi connectivity index (χ3v) is 2.99. The van der Waals surface area contributed by atoms with E-state index < -0.39 is 0 Å². The van der Waals surface area contributed by atoms with Gasteiger partial charge in [0.25, 0.3) is 0 Å². The number of alkyl halides is 1. The minimum absolute atomic E-state index is 0.264. The number of benzene rings is 2. The Bertz CT molecular complexity index is 494. The number of halogens is 3. The van der Waals surface area contributed by atoms with E-state index in [-0.39, 0.29) is 17.0 Å². The second-order valence-electron chi connectivity index (χ2n) is 3.81. The second kappa shape index (κ2) is 5.28. The lowest BCUT2D eigenvalue weighted by Gasteiger charge is -2.10. The maximum Gasteiger partial charge on any atom is 0.126 e. The van der Waals surface area contributed by atoms with Gasteiger partial charge < -0.3 is 0 Å². The molecule has 0 amide bonds. The Kier molecular flexibility index (Phi) is 3.75. The summed E-state index contributed by atoms with van der Waals surface area (Å²) in [6, 6.07) is 12.5. The van der Waals surface area contributed by atoms with E-state index >= 15 is 0 Å². The summed E-state index contributed by atoms with van der Waals surface area (Å²) < 4.78 is 26.1. The van der Waals surface area contributed by atoms with Crippen molar-refractivity contribution in [3.8, 4) is 0 Å². The first kappa shape index (κ1) is 12.1. The van der Waals surface area contributed by atoms with Crippen molar-refractivity contribution in [1.82, 2.24) is 0 Å². The summed E-state index contributed by atoms with van der Waals surface area (Å²) in [5, 5.41) is -0.354. The van der Waals surface area contributed by atoms with Crippen molar-refractivity contribution < 1.29 is 8.78 Å². The molecule has 0 heterocycles. The second-order valence-corrected chi connectivity index (χ2v) is 4.34. The van der Waals surface area contributed by atoms with E-state index in [2.05, 4.69) is 0 Å². The molecule has 17 heavy (non-hydrogen) atoms. The molecule has 2 aromatic rings. The van der Waals surface area contributed by atoms with Gasteiger partial charge in [0, 0.05) is 0 Å². The lowest BCUT2D eigenvalue weighted by molar-refractivity contribution is 0.606. The molecule has 1 atom stereocenters. The molecule has 0 spiro atoms. The van der Waals surface area contributed by atoms with Gasteiger partial charge in [0.05, 0.1) is 5.38 Å². The number of hydrogen-bond donors (Lipinski definition) is 0. The topological polar surface area (TPSA) is 0 Å². The van der Waals surface area contributed by atoms with Gasteiger partial charge in [0.15, 0.2) is 0 Å². The summed E-state index contributed by atoms with van der Waals surface area (Å²) in [5.41, 5.74) is 1.35. The lowest BCUT2D eigenvalue weighted by atomic mass is 10.0. The van der Waals surface area contributed by atoms with Crippen LogP contribution in [0.3, 0.4) is 0 Å². The van der Waals surface area contributed by atoms with Gasteiger partial charge in [-0.25, -0.2) is 8.78 Å². The van der Waals surface area contributed by atoms with Crippen LogP contribution in [-0.2, 0) is 6.42 Å². The van der Waals surface area contributed by atoms with Crippen molar-refractivity contribution in [2.45, 2.75) is 11.8 Å². The van der Waals surface area contributed by atoms with E-state index in [1.807, 2.05) is 0 Å². The molecule has 0 nitrogen and oxygen atoms in total. The fourth-order valence-corrected chi connectivity index (χ4v) is 1.96. The highest BCUT2D eigenvalue weighted by atomic mass is 35.5. The zero-order valence-corrected chi connectivity index (χ0v) is 9.79. The highest BCUT2D eigenvalue weighted by molar-refractivity contribution is 6.20. The van der Waals surface area contributed by atoms with E-state index in [1.165, 1.54) is 18.2 Å². The summed E-state index contributed by atoms with van der Waals surface area (Å²) in [7, 11) is 0. The van der Waals surface area contributed by atoms with Crippen molar-refractivity contribution in [2.75, 3.05) is 0 Å².